The molecule has 0 radical (unpaired) electrons. The number of unbranched alkanes of at least 4 members (excludes halogenated alkanes) is 36. The van der Waals surface area contributed by atoms with Gasteiger partial charge in [0.25, 0.3) is 0 Å². The zero-order valence-electron chi connectivity index (χ0n) is 53.5. The van der Waals surface area contributed by atoms with Gasteiger partial charge in [0.2, 0.25) is 0 Å². The number of hydrogen-bond acceptors (Lipinski definition) is 6. The molecule has 0 bridgehead atoms. The van der Waals surface area contributed by atoms with Crippen LogP contribution in [0.1, 0.15) is 342 Å². The fourth-order valence-electron chi connectivity index (χ4n) is 9.91. The molecule has 466 valence electrons. The monoisotopic (exact) mass is 1130 g/mol. The summed E-state index contributed by atoms with van der Waals surface area (Å²) in [6.45, 7) is 6.48. The summed E-state index contributed by atoms with van der Waals surface area (Å²) >= 11 is 0. The van der Waals surface area contributed by atoms with E-state index in [4.69, 9.17) is 14.2 Å². The normalized spacial score (nSPS) is 12.7. The van der Waals surface area contributed by atoms with Crippen LogP contribution >= 0.6 is 0 Å². The zero-order chi connectivity index (χ0) is 58.5. The summed E-state index contributed by atoms with van der Waals surface area (Å²) in [5.74, 6) is -0.996. The lowest BCUT2D eigenvalue weighted by Crippen LogP contribution is -2.30. The first-order chi connectivity index (χ1) is 40.0. The van der Waals surface area contributed by atoms with E-state index < -0.39 is 12.1 Å². The van der Waals surface area contributed by atoms with Gasteiger partial charge in [-0.3, -0.25) is 14.4 Å². The second-order valence-corrected chi connectivity index (χ2v) is 23.1. The Labute approximate surface area is 502 Å². The van der Waals surface area contributed by atoms with E-state index in [0.29, 0.717) is 19.3 Å². The Morgan fingerprint density at radius 1 is 0.259 bits per heavy atom. The van der Waals surface area contributed by atoms with Gasteiger partial charge in [-0.2, -0.15) is 0 Å². The average molecular weight is 1130 g/mol. The molecule has 0 aliphatic rings. The quantitative estimate of drug-likeness (QED) is 0.0261. The number of ether oxygens (including phenoxy) is 3. The molecule has 0 N–H and O–H groups in total. The lowest BCUT2D eigenvalue weighted by atomic mass is 10.0. The van der Waals surface area contributed by atoms with Crippen LogP contribution in [0.15, 0.2) is 97.2 Å². The van der Waals surface area contributed by atoms with Gasteiger partial charge in [0, 0.05) is 19.3 Å². The van der Waals surface area contributed by atoms with E-state index in [-0.39, 0.29) is 31.6 Å². The molecule has 1 unspecified atom stereocenters. The van der Waals surface area contributed by atoms with Crippen molar-refractivity contribution < 1.29 is 28.6 Å². The highest BCUT2D eigenvalue weighted by Crippen LogP contribution is 2.18. The van der Waals surface area contributed by atoms with Crippen LogP contribution in [0.3, 0.4) is 0 Å². The van der Waals surface area contributed by atoms with E-state index in [1.807, 2.05) is 6.08 Å². The van der Waals surface area contributed by atoms with E-state index in [2.05, 4.69) is 112 Å². The van der Waals surface area contributed by atoms with E-state index in [0.717, 1.165) is 103 Å². The Kier molecular flexibility index (Phi) is 65.7. The minimum absolute atomic E-state index is 0.110. The summed E-state index contributed by atoms with van der Waals surface area (Å²) in [7, 11) is 0. The molecule has 81 heavy (non-hydrogen) atoms. The van der Waals surface area contributed by atoms with Crippen LogP contribution in [0.4, 0.5) is 0 Å². The van der Waals surface area contributed by atoms with Crippen molar-refractivity contribution in [3.05, 3.63) is 97.2 Å². The number of carbonyl (C=O) groups is 3. The minimum Gasteiger partial charge on any atom is -0.462 e. The first-order valence-corrected chi connectivity index (χ1v) is 34.7. The fraction of sp³-hybridized carbons (Fsp3) is 0.747. The molecule has 0 amide bonds. The maximum Gasteiger partial charge on any atom is 0.306 e. The van der Waals surface area contributed by atoms with Crippen LogP contribution in [0, 0.1) is 0 Å². The van der Waals surface area contributed by atoms with Crippen molar-refractivity contribution in [3.63, 3.8) is 0 Å². The number of esters is 3. The predicted molar refractivity (Wildman–Crippen MR) is 353 cm³/mol. The molecule has 0 fully saturated rings. The summed E-state index contributed by atoms with van der Waals surface area (Å²) in [6.07, 6.45) is 93.1. The van der Waals surface area contributed by atoms with Crippen LogP contribution in [0.2, 0.25) is 0 Å². The standard InChI is InChI=1S/C75H130O6/c1-4-7-10-13-16-19-22-25-28-31-33-34-35-36-37-38-39-40-41-43-44-47-50-53-56-59-62-65-68-74(77)80-71-72(70-79-73(76)67-64-61-58-55-52-49-46-30-27-24-21-18-15-12-9-6-3)81-75(78)69-66-63-60-57-54-51-48-45-42-32-29-26-23-20-17-14-11-8-5-2/h8,11,17,20-21,24,26,29-30,42,45-46,51,54,60,63,72H,4-7,9-10,12-16,18-19,22-23,25,27-28,31-41,43-44,47-50,52-53,55-59,61-62,64-71H2,1-3H3/b11-8-,20-17-,24-21-,29-26-,45-42-,46-30-,54-51-,63-60-. The van der Waals surface area contributed by atoms with E-state index in [1.165, 1.54) is 193 Å². The van der Waals surface area contributed by atoms with Gasteiger partial charge in [0.05, 0.1) is 0 Å². The van der Waals surface area contributed by atoms with Gasteiger partial charge in [-0.15, -0.1) is 0 Å². The van der Waals surface area contributed by atoms with Gasteiger partial charge in [-0.05, 0) is 89.9 Å². The van der Waals surface area contributed by atoms with E-state index in [9.17, 15) is 14.4 Å². The average Bonchev–Trinajstić information content (AvgIpc) is 3.47. The highest BCUT2D eigenvalue weighted by molar-refractivity contribution is 5.71. The van der Waals surface area contributed by atoms with Gasteiger partial charge >= 0.3 is 17.9 Å². The van der Waals surface area contributed by atoms with Crippen LogP contribution in [-0.2, 0) is 28.6 Å². The van der Waals surface area contributed by atoms with Crippen molar-refractivity contribution in [2.24, 2.45) is 0 Å². The molecule has 6 nitrogen and oxygen atoms in total. The third kappa shape index (κ3) is 67.0. The van der Waals surface area contributed by atoms with Crippen LogP contribution < -0.4 is 0 Å². The highest BCUT2D eigenvalue weighted by Gasteiger charge is 2.19. The van der Waals surface area contributed by atoms with Gasteiger partial charge in [0.15, 0.2) is 6.10 Å². The molecule has 6 heteroatoms. The first-order valence-electron chi connectivity index (χ1n) is 34.7. The number of carbonyl (C=O) groups excluding carboxylic acids is 3. The zero-order valence-corrected chi connectivity index (χ0v) is 53.5. The van der Waals surface area contributed by atoms with Crippen LogP contribution in [0.25, 0.3) is 0 Å². The Morgan fingerprint density at radius 3 is 0.815 bits per heavy atom. The minimum atomic E-state index is -0.825. The second kappa shape index (κ2) is 68.8. The van der Waals surface area contributed by atoms with Crippen molar-refractivity contribution in [1.29, 1.82) is 0 Å². The van der Waals surface area contributed by atoms with Crippen molar-refractivity contribution in [1.82, 2.24) is 0 Å². The molecule has 0 rings (SSSR count). The SMILES string of the molecule is CC/C=C\C/C=C\C/C=C\C/C=C\C/C=C\C/C=C\CCC(=O)OC(COC(=O)CCCCCCC/C=C\C/C=C\CCCCCC)COC(=O)CCCCCCCCCCCCCCCCCCCCCCCCCCCCCC. The lowest BCUT2D eigenvalue weighted by Gasteiger charge is -2.18. The molecule has 0 heterocycles. The molecule has 0 saturated heterocycles. The van der Waals surface area contributed by atoms with Gasteiger partial charge in [-0.25, -0.2) is 0 Å². The summed E-state index contributed by atoms with van der Waals surface area (Å²) < 4.78 is 16.9. The number of allylic oxidation sites excluding steroid dienone is 16. The fourth-order valence-corrected chi connectivity index (χ4v) is 9.91. The summed E-state index contributed by atoms with van der Waals surface area (Å²) in [6, 6.07) is 0. The van der Waals surface area contributed by atoms with Crippen molar-refractivity contribution in [2.45, 2.75) is 348 Å². The highest BCUT2D eigenvalue weighted by atomic mass is 16.6. The first kappa shape index (κ1) is 77.3. The number of hydrogen-bond donors (Lipinski definition) is 0. The smallest absolute Gasteiger partial charge is 0.306 e. The second-order valence-electron chi connectivity index (χ2n) is 23.1. The molecule has 0 aromatic rings. The third-order valence-corrected chi connectivity index (χ3v) is 15.1. The summed E-state index contributed by atoms with van der Waals surface area (Å²) in [5, 5.41) is 0. The largest absolute Gasteiger partial charge is 0.462 e. The van der Waals surface area contributed by atoms with Crippen LogP contribution in [-0.4, -0.2) is 37.2 Å². The molecule has 0 aliphatic heterocycles. The van der Waals surface area contributed by atoms with Crippen molar-refractivity contribution in [3.8, 4) is 0 Å². The Morgan fingerprint density at radius 2 is 0.506 bits per heavy atom. The topological polar surface area (TPSA) is 78.9 Å². The molecule has 0 aromatic carbocycles. The Balaban J connectivity index is 4.35. The molecule has 0 saturated carbocycles. The lowest BCUT2D eigenvalue weighted by molar-refractivity contribution is -0.166. The van der Waals surface area contributed by atoms with Crippen molar-refractivity contribution >= 4 is 17.9 Å². The summed E-state index contributed by atoms with van der Waals surface area (Å²) in [4.78, 5) is 38.4. The third-order valence-electron chi connectivity index (χ3n) is 15.1. The summed E-state index contributed by atoms with van der Waals surface area (Å²) in [5.41, 5.74) is 0. The maximum absolute atomic E-state index is 12.9. The Bertz CT molecular complexity index is 1580. The molecule has 1 atom stereocenters. The Hall–Kier alpha value is -3.67. The molecular weight excluding hydrogens is 997 g/mol. The maximum atomic E-state index is 12.9. The van der Waals surface area contributed by atoms with Gasteiger partial charge < -0.3 is 14.2 Å². The van der Waals surface area contributed by atoms with Crippen molar-refractivity contribution in [2.75, 3.05) is 13.2 Å². The predicted octanol–water partition coefficient (Wildman–Crippen LogP) is 24.0. The van der Waals surface area contributed by atoms with Crippen LogP contribution in [0.5, 0.6) is 0 Å². The molecule has 0 spiro atoms. The molecule has 0 aromatic heterocycles. The number of rotatable bonds is 63. The molecular formula is C75H130O6. The van der Waals surface area contributed by atoms with Gasteiger partial charge in [-0.1, -0.05) is 330 Å². The van der Waals surface area contributed by atoms with Gasteiger partial charge in [0.1, 0.15) is 13.2 Å². The van der Waals surface area contributed by atoms with E-state index in [1.54, 1.807) is 0 Å². The molecule has 0 aliphatic carbocycles. The van der Waals surface area contributed by atoms with E-state index >= 15 is 0 Å².